The van der Waals surface area contributed by atoms with E-state index < -0.39 is 18.3 Å². The van der Waals surface area contributed by atoms with Crippen LogP contribution in [0.5, 0.6) is 11.5 Å². The Morgan fingerprint density at radius 3 is 2.10 bits per heavy atom. The first-order valence-corrected chi connectivity index (χ1v) is 14.2. The highest BCUT2D eigenvalue weighted by Crippen LogP contribution is 2.26. The molecule has 0 aliphatic carbocycles. The van der Waals surface area contributed by atoms with Crippen molar-refractivity contribution in [3.8, 4) is 22.9 Å². The number of esters is 1. The highest BCUT2D eigenvalue weighted by molar-refractivity contribution is 5.90. The minimum Gasteiger partial charge on any atom is -0.491 e. The molecule has 40 heavy (non-hydrogen) atoms. The van der Waals surface area contributed by atoms with Crippen LogP contribution in [0.25, 0.3) is 11.4 Å². The molecule has 2 atom stereocenters. The summed E-state index contributed by atoms with van der Waals surface area (Å²) in [4.78, 5) is 21.2. The van der Waals surface area contributed by atoms with Crippen molar-refractivity contribution in [1.82, 2.24) is 9.97 Å². The lowest BCUT2D eigenvalue weighted by Gasteiger charge is -2.16. The van der Waals surface area contributed by atoms with Crippen molar-refractivity contribution in [2.45, 2.75) is 84.2 Å². The van der Waals surface area contributed by atoms with Crippen LogP contribution in [0.15, 0.2) is 60.9 Å². The Bertz CT molecular complexity index is 1140. The van der Waals surface area contributed by atoms with E-state index in [1.807, 2.05) is 24.3 Å². The van der Waals surface area contributed by atoms with Gasteiger partial charge in [-0.1, -0.05) is 51.2 Å². The molecule has 216 valence electrons. The molecule has 0 saturated heterocycles. The maximum absolute atomic E-state index is 13.4. The van der Waals surface area contributed by atoms with Gasteiger partial charge >= 0.3 is 5.97 Å². The first-order chi connectivity index (χ1) is 19.4. The van der Waals surface area contributed by atoms with E-state index in [2.05, 4.69) is 23.8 Å². The smallest absolute Gasteiger partial charge is 0.346 e. The van der Waals surface area contributed by atoms with Crippen LogP contribution in [0.2, 0.25) is 0 Å². The molecule has 0 radical (unpaired) electrons. The summed E-state index contributed by atoms with van der Waals surface area (Å²) < 4.78 is 43.3. The van der Waals surface area contributed by atoms with E-state index in [4.69, 9.17) is 14.2 Å². The first kappa shape index (κ1) is 31.1. The normalized spacial score (nSPS) is 12.8. The average Bonchev–Trinajstić information content (AvgIpc) is 2.96. The molecule has 1 aromatic heterocycles. The fourth-order valence-electron chi connectivity index (χ4n) is 4.28. The molecule has 0 amide bonds. The van der Waals surface area contributed by atoms with Crippen LogP contribution in [-0.4, -0.2) is 41.7 Å². The van der Waals surface area contributed by atoms with E-state index >= 15 is 0 Å². The van der Waals surface area contributed by atoms with E-state index in [1.54, 1.807) is 6.92 Å². The van der Waals surface area contributed by atoms with Gasteiger partial charge in [-0.3, -0.25) is 0 Å². The van der Waals surface area contributed by atoms with Crippen molar-refractivity contribution in [3.63, 3.8) is 0 Å². The molecular weight excluding hydrogens is 514 g/mol. The van der Waals surface area contributed by atoms with Crippen LogP contribution in [0, 0.1) is 0 Å². The summed E-state index contributed by atoms with van der Waals surface area (Å²) in [6.07, 6.45) is 9.02. The van der Waals surface area contributed by atoms with Gasteiger partial charge in [-0.15, -0.1) is 0 Å². The Hall–Kier alpha value is -3.39. The molecule has 0 bridgehead atoms. The number of unbranched alkanes of at least 4 members (excludes halogenated alkanes) is 5. The third kappa shape index (κ3) is 9.97. The lowest BCUT2D eigenvalue weighted by molar-refractivity contribution is 0.0480. The number of ether oxygens (including phenoxy) is 3. The molecule has 8 heteroatoms. The van der Waals surface area contributed by atoms with E-state index in [0.29, 0.717) is 18.0 Å². The molecular formula is C32H40F2N2O4. The summed E-state index contributed by atoms with van der Waals surface area (Å²) in [5.41, 5.74) is 1.39. The summed E-state index contributed by atoms with van der Waals surface area (Å²) in [7, 11) is 0. The van der Waals surface area contributed by atoms with E-state index in [1.165, 1.54) is 75.2 Å². The van der Waals surface area contributed by atoms with Gasteiger partial charge in [-0.05, 0) is 68.7 Å². The number of hydrogen-bond donors (Lipinski definition) is 0. The maximum Gasteiger partial charge on any atom is 0.346 e. The monoisotopic (exact) mass is 554 g/mol. The molecule has 0 N–H and O–H groups in total. The molecule has 6 nitrogen and oxygen atoms in total. The molecule has 0 saturated carbocycles. The molecule has 1 heterocycles. The summed E-state index contributed by atoms with van der Waals surface area (Å²) in [5.74, 6) is -0.170. The topological polar surface area (TPSA) is 70.5 Å². The fourth-order valence-corrected chi connectivity index (χ4v) is 4.28. The standard InChI is InChI=1S/C32H40F2N2O4/c1-4-6-7-8-9-10-11-23(3)39-27-18-14-25(15-19-27)31-35-20-26(21-36-31)32(37)40-28-16-12-24(13-17-28)29(30(33)34)22-38-5-2/h12-21,23,29-30H,4-11,22H2,1-3H3/t23-,29-/m0/s1. The Balaban J connectivity index is 1.50. The predicted molar refractivity (Wildman–Crippen MR) is 152 cm³/mol. The zero-order valence-corrected chi connectivity index (χ0v) is 23.7. The van der Waals surface area contributed by atoms with Gasteiger partial charge in [-0.25, -0.2) is 23.5 Å². The molecule has 2 aromatic carbocycles. The minimum absolute atomic E-state index is 0.0783. The summed E-state index contributed by atoms with van der Waals surface area (Å²) in [6.45, 7) is 6.36. The van der Waals surface area contributed by atoms with Crippen molar-refractivity contribution >= 4 is 5.97 Å². The summed E-state index contributed by atoms with van der Waals surface area (Å²) in [6, 6.07) is 13.6. The van der Waals surface area contributed by atoms with Gasteiger partial charge in [0.2, 0.25) is 6.43 Å². The summed E-state index contributed by atoms with van der Waals surface area (Å²) >= 11 is 0. The Kier molecular flexibility index (Phi) is 13.0. The second-order valence-corrected chi connectivity index (χ2v) is 9.86. The molecule has 0 spiro atoms. The average molecular weight is 555 g/mol. The minimum atomic E-state index is -2.56. The zero-order valence-electron chi connectivity index (χ0n) is 23.7. The van der Waals surface area contributed by atoms with E-state index in [9.17, 15) is 13.6 Å². The van der Waals surface area contributed by atoms with Crippen LogP contribution in [0.4, 0.5) is 8.78 Å². The second kappa shape index (κ2) is 16.7. The number of aromatic nitrogens is 2. The molecule has 0 unspecified atom stereocenters. The van der Waals surface area contributed by atoms with Crippen molar-refractivity contribution in [2.75, 3.05) is 13.2 Å². The van der Waals surface area contributed by atoms with Crippen molar-refractivity contribution in [2.24, 2.45) is 0 Å². The number of hydrogen-bond acceptors (Lipinski definition) is 6. The maximum atomic E-state index is 13.4. The number of carbonyl (C=O) groups is 1. The number of rotatable bonds is 17. The Morgan fingerprint density at radius 1 is 0.850 bits per heavy atom. The lowest BCUT2D eigenvalue weighted by atomic mass is 10.0. The van der Waals surface area contributed by atoms with Crippen LogP contribution in [0.1, 0.15) is 87.6 Å². The molecule has 3 rings (SSSR count). The van der Waals surface area contributed by atoms with Crippen molar-refractivity contribution in [1.29, 1.82) is 0 Å². The van der Waals surface area contributed by atoms with Crippen molar-refractivity contribution in [3.05, 3.63) is 72.1 Å². The van der Waals surface area contributed by atoms with Gasteiger partial charge in [0.25, 0.3) is 0 Å². The predicted octanol–water partition coefficient (Wildman–Crippen LogP) is 8.27. The molecule has 0 aliphatic heterocycles. The van der Waals surface area contributed by atoms with Gasteiger partial charge in [-0.2, -0.15) is 0 Å². The highest BCUT2D eigenvalue weighted by atomic mass is 19.3. The quantitative estimate of drug-likeness (QED) is 0.0950. The molecule has 3 aromatic rings. The van der Waals surface area contributed by atoms with E-state index in [0.717, 1.165) is 17.7 Å². The largest absolute Gasteiger partial charge is 0.491 e. The van der Waals surface area contributed by atoms with Gasteiger partial charge in [0.1, 0.15) is 11.5 Å². The second-order valence-electron chi connectivity index (χ2n) is 9.86. The van der Waals surface area contributed by atoms with Crippen molar-refractivity contribution < 1.29 is 27.8 Å². The molecule has 0 aliphatic rings. The number of nitrogens with zero attached hydrogens (tertiary/aromatic N) is 2. The first-order valence-electron chi connectivity index (χ1n) is 14.2. The van der Waals surface area contributed by atoms with Crippen LogP contribution in [0.3, 0.4) is 0 Å². The Labute approximate surface area is 236 Å². The zero-order chi connectivity index (χ0) is 28.7. The van der Waals surface area contributed by atoms with Crippen LogP contribution in [-0.2, 0) is 4.74 Å². The highest BCUT2D eigenvalue weighted by Gasteiger charge is 2.23. The van der Waals surface area contributed by atoms with E-state index in [-0.39, 0.29) is 24.0 Å². The number of carbonyl (C=O) groups excluding carboxylic acids is 1. The Morgan fingerprint density at radius 2 is 1.48 bits per heavy atom. The van der Waals surface area contributed by atoms with Gasteiger partial charge in [0, 0.05) is 24.6 Å². The van der Waals surface area contributed by atoms with Gasteiger partial charge in [0.05, 0.1) is 24.2 Å². The number of alkyl halides is 2. The number of benzene rings is 2. The van der Waals surface area contributed by atoms with Crippen LogP contribution < -0.4 is 9.47 Å². The number of halogens is 2. The summed E-state index contributed by atoms with van der Waals surface area (Å²) in [5, 5.41) is 0. The lowest BCUT2D eigenvalue weighted by Crippen LogP contribution is -2.16. The van der Waals surface area contributed by atoms with Gasteiger partial charge in [0.15, 0.2) is 5.82 Å². The van der Waals surface area contributed by atoms with Crippen LogP contribution >= 0.6 is 0 Å². The third-order valence-electron chi connectivity index (χ3n) is 6.63. The molecule has 0 fully saturated rings. The third-order valence-corrected chi connectivity index (χ3v) is 6.63. The fraction of sp³-hybridized carbons (Fsp3) is 0.469. The van der Waals surface area contributed by atoms with Gasteiger partial charge < -0.3 is 14.2 Å². The SMILES string of the molecule is CCCCCCCC[C@H](C)Oc1ccc(-c2ncc(C(=O)Oc3ccc([C@H](COCC)C(F)F)cc3)cn2)cc1.